The number of benzene rings is 2. The number of Topliss-reactive ketones (excluding diaryl/α,β-unsaturated/α-hetero) is 1. The third-order valence-electron chi connectivity index (χ3n) is 5.03. The summed E-state index contributed by atoms with van der Waals surface area (Å²) < 4.78 is 5.80. The third kappa shape index (κ3) is 4.61. The molecule has 1 saturated heterocycles. The molecule has 7 nitrogen and oxygen atoms in total. The standard InChI is InChI=1S/C21H23N5O2/c27-21(16-8-10-19(11-9-16)28-18-6-2-1-3-7-18)17-5-4-13-26(15-17)14-12-20-22-24-25-23-20/h1-3,6-11,17H,4-5,12-15H2,(H,22,23,24,25). The molecule has 1 aliphatic rings. The van der Waals surface area contributed by atoms with Crippen molar-refractivity contribution in [1.82, 2.24) is 25.5 Å². The zero-order chi connectivity index (χ0) is 19.2. The van der Waals surface area contributed by atoms with Gasteiger partial charge in [-0.3, -0.25) is 4.79 Å². The number of nitrogens with one attached hydrogen (secondary N) is 1. The van der Waals surface area contributed by atoms with Crippen LogP contribution in [0.5, 0.6) is 11.5 Å². The van der Waals surface area contributed by atoms with Crippen LogP contribution in [-0.4, -0.2) is 50.9 Å². The summed E-state index contributed by atoms with van der Waals surface area (Å²) in [5, 5.41) is 14.0. The van der Waals surface area contributed by atoms with Gasteiger partial charge in [-0.1, -0.05) is 23.4 Å². The number of aromatic amines is 1. The molecule has 0 saturated carbocycles. The highest BCUT2D eigenvalue weighted by Gasteiger charge is 2.26. The second-order valence-corrected chi connectivity index (χ2v) is 7.02. The van der Waals surface area contributed by atoms with E-state index in [1.54, 1.807) is 0 Å². The highest BCUT2D eigenvalue weighted by atomic mass is 16.5. The molecule has 4 rings (SSSR count). The summed E-state index contributed by atoms with van der Waals surface area (Å²) in [6.07, 6.45) is 2.70. The van der Waals surface area contributed by atoms with Crippen molar-refractivity contribution in [1.29, 1.82) is 0 Å². The summed E-state index contributed by atoms with van der Waals surface area (Å²) in [7, 11) is 0. The van der Waals surface area contributed by atoms with Crippen molar-refractivity contribution in [3.05, 3.63) is 66.0 Å². The zero-order valence-corrected chi connectivity index (χ0v) is 15.6. The van der Waals surface area contributed by atoms with E-state index in [9.17, 15) is 4.79 Å². The van der Waals surface area contributed by atoms with Gasteiger partial charge in [0.2, 0.25) is 0 Å². The fraction of sp³-hybridized carbons (Fsp3) is 0.333. The maximum absolute atomic E-state index is 12.9. The van der Waals surface area contributed by atoms with E-state index >= 15 is 0 Å². The molecule has 1 fully saturated rings. The van der Waals surface area contributed by atoms with Gasteiger partial charge in [-0.2, -0.15) is 5.21 Å². The van der Waals surface area contributed by atoms with Crippen LogP contribution in [0.2, 0.25) is 0 Å². The monoisotopic (exact) mass is 377 g/mol. The Morgan fingerprint density at radius 1 is 1.11 bits per heavy atom. The summed E-state index contributed by atoms with van der Waals surface area (Å²) in [6.45, 7) is 2.62. The average Bonchev–Trinajstić information content (AvgIpc) is 3.27. The Morgan fingerprint density at radius 2 is 1.89 bits per heavy atom. The third-order valence-corrected chi connectivity index (χ3v) is 5.03. The van der Waals surface area contributed by atoms with Crippen LogP contribution in [0.1, 0.15) is 29.0 Å². The maximum atomic E-state index is 12.9. The van der Waals surface area contributed by atoms with Gasteiger partial charge >= 0.3 is 0 Å². The van der Waals surface area contributed by atoms with Crippen LogP contribution in [-0.2, 0) is 6.42 Å². The number of aromatic nitrogens is 4. The van der Waals surface area contributed by atoms with Crippen molar-refractivity contribution in [2.24, 2.45) is 5.92 Å². The van der Waals surface area contributed by atoms with Gasteiger partial charge in [0, 0.05) is 31.0 Å². The molecule has 0 bridgehead atoms. The Bertz CT molecular complexity index is 881. The summed E-state index contributed by atoms with van der Waals surface area (Å²) in [5.74, 6) is 2.46. The van der Waals surface area contributed by atoms with E-state index in [1.807, 2.05) is 54.6 Å². The van der Waals surface area contributed by atoms with Gasteiger partial charge in [-0.05, 0) is 55.8 Å². The molecule has 1 aliphatic heterocycles. The number of likely N-dealkylation sites (tertiary alicyclic amines) is 1. The van der Waals surface area contributed by atoms with Crippen molar-refractivity contribution in [2.45, 2.75) is 19.3 Å². The number of tetrazole rings is 1. The van der Waals surface area contributed by atoms with Crippen molar-refractivity contribution < 1.29 is 9.53 Å². The number of ketones is 1. The second kappa shape index (κ2) is 8.75. The largest absolute Gasteiger partial charge is 0.457 e. The molecule has 3 aromatic rings. The first-order valence-electron chi connectivity index (χ1n) is 9.60. The molecule has 2 aromatic carbocycles. The molecule has 1 atom stereocenters. The van der Waals surface area contributed by atoms with Crippen LogP contribution in [0.15, 0.2) is 54.6 Å². The number of ether oxygens (including phenoxy) is 1. The minimum Gasteiger partial charge on any atom is -0.457 e. The first-order valence-corrected chi connectivity index (χ1v) is 9.60. The molecule has 1 aromatic heterocycles. The van der Waals surface area contributed by atoms with Gasteiger partial charge in [-0.25, -0.2) is 0 Å². The molecule has 0 spiro atoms. The summed E-state index contributed by atoms with van der Waals surface area (Å²) >= 11 is 0. The van der Waals surface area contributed by atoms with Crippen LogP contribution in [0.3, 0.4) is 0 Å². The number of carbonyl (C=O) groups is 1. The molecule has 2 heterocycles. The number of rotatable bonds is 7. The minimum absolute atomic E-state index is 0.0277. The SMILES string of the molecule is O=C(c1ccc(Oc2ccccc2)cc1)C1CCCN(CCc2nn[nH]n2)C1. The van der Waals surface area contributed by atoms with E-state index < -0.39 is 0 Å². The maximum Gasteiger partial charge on any atom is 0.175 e. The first-order chi connectivity index (χ1) is 13.8. The molecular weight excluding hydrogens is 354 g/mol. The van der Waals surface area contributed by atoms with E-state index in [-0.39, 0.29) is 11.7 Å². The van der Waals surface area contributed by atoms with E-state index in [0.29, 0.717) is 5.82 Å². The Balaban J connectivity index is 1.34. The van der Waals surface area contributed by atoms with Crippen molar-refractivity contribution >= 4 is 5.78 Å². The van der Waals surface area contributed by atoms with E-state index in [1.165, 1.54) is 0 Å². The van der Waals surface area contributed by atoms with E-state index in [4.69, 9.17) is 4.74 Å². The molecule has 0 radical (unpaired) electrons. The lowest BCUT2D eigenvalue weighted by Gasteiger charge is -2.31. The van der Waals surface area contributed by atoms with Gasteiger partial charge in [0.1, 0.15) is 11.5 Å². The molecule has 28 heavy (non-hydrogen) atoms. The van der Waals surface area contributed by atoms with Gasteiger partial charge in [0.25, 0.3) is 0 Å². The number of H-pyrrole nitrogens is 1. The van der Waals surface area contributed by atoms with Crippen molar-refractivity contribution in [2.75, 3.05) is 19.6 Å². The Hall–Kier alpha value is -3.06. The molecular formula is C21H23N5O2. The minimum atomic E-state index is 0.0277. The highest BCUT2D eigenvalue weighted by molar-refractivity contribution is 5.98. The number of hydrogen-bond donors (Lipinski definition) is 1. The Kier molecular flexibility index (Phi) is 5.72. The Morgan fingerprint density at radius 3 is 2.64 bits per heavy atom. The van der Waals surface area contributed by atoms with Crippen LogP contribution >= 0.6 is 0 Å². The molecule has 144 valence electrons. The predicted octanol–water partition coefficient (Wildman–Crippen LogP) is 3.13. The zero-order valence-electron chi connectivity index (χ0n) is 15.6. The van der Waals surface area contributed by atoms with Crippen molar-refractivity contribution in [3.63, 3.8) is 0 Å². The molecule has 0 amide bonds. The average molecular weight is 377 g/mol. The molecule has 1 N–H and O–H groups in total. The normalized spacial score (nSPS) is 17.4. The van der Waals surface area contributed by atoms with Gasteiger partial charge in [0.15, 0.2) is 11.6 Å². The van der Waals surface area contributed by atoms with Crippen LogP contribution < -0.4 is 4.74 Å². The summed E-state index contributed by atoms with van der Waals surface area (Å²) in [4.78, 5) is 15.3. The predicted molar refractivity (Wildman–Crippen MR) is 104 cm³/mol. The van der Waals surface area contributed by atoms with Gasteiger partial charge < -0.3 is 9.64 Å². The van der Waals surface area contributed by atoms with Crippen LogP contribution in [0, 0.1) is 5.92 Å². The fourth-order valence-electron chi connectivity index (χ4n) is 3.57. The summed E-state index contributed by atoms with van der Waals surface area (Å²) in [6, 6.07) is 17.1. The van der Waals surface area contributed by atoms with Gasteiger partial charge in [0.05, 0.1) is 0 Å². The number of piperidine rings is 1. The first kappa shape index (κ1) is 18.3. The van der Waals surface area contributed by atoms with Crippen molar-refractivity contribution in [3.8, 4) is 11.5 Å². The van der Waals surface area contributed by atoms with E-state index in [2.05, 4.69) is 25.5 Å². The number of para-hydroxylation sites is 1. The number of nitrogens with zero attached hydrogens (tertiary/aromatic N) is 4. The number of hydrogen-bond acceptors (Lipinski definition) is 6. The Labute approximate surface area is 163 Å². The fourth-order valence-corrected chi connectivity index (χ4v) is 3.57. The van der Waals surface area contributed by atoms with E-state index in [0.717, 1.165) is 56.0 Å². The molecule has 7 heteroatoms. The second-order valence-electron chi connectivity index (χ2n) is 7.02. The smallest absolute Gasteiger partial charge is 0.175 e. The van der Waals surface area contributed by atoms with Crippen LogP contribution in [0.25, 0.3) is 0 Å². The van der Waals surface area contributed by atoms with Gasteiger partial charge in [-0.15, -0.1) is 10.2 Å². The lowest BCUT2D eigenvalue weighted by atomic mass is 9.90. The summed E-state index contributed by atoms with van der Waals surface area (Å²) in [5.41, 5.74) is 0.741. The quantitative estimate of drug-likeness (QED) is 0.637. The van der Waals surface area contributed by atoms with Crippen LogP contribution in [0.4, 0.5) is 0 Å². The lowest BCUT2D eigenvalue weighted by Crippen LogP contribution is -2.39. The molecule has 1 unspecified atom stereocenters. The lowest BCUT2D eigenvalue weighted by molar-refractivity contribution is 0.0820. The topological polar surface area (TPSA) is 84.0 Å². The number of carbonyl (C=O) groups excluding carboxylic acids is 1. The molecule has 0 aliphatic carbocycles. The highest BCUT2D eigenvalue weighted by Crippen LogP contribution is 2.24.